The predicted octanol–water partition coefficient (Wildman–Crippen LogP) is 4.41. The van der Waals surface area contributed by atoms with Gasteiger partial charge < -0.3 is 5.32 Å². The monoisotopic (exact) mass is 449 g/mol. The molecule has 102 valence electrons. The molecule has 1 atom stereocenters. The van der Waals surface area contributed by atoms with Gasteiger partial charge in [0.2, 0.25) is 0 Å². The van der Waals surface area contributed by atoms with Crippen molar-refractivity contribution in [2.75, 3.05) is 6.54 Å². The smallest absolute Gasteiger partial charge is 0.0760 e. The van der Waals surface area contributed by atoms with Crippen molar-refractivity contribution in [1.29, 1.82) is 0 Å². The molecule has 0 amide bonds. The van der Waals surface area contributed by atoms with Crippen LogP contribution in [0.25, 0.3) is 0 Å². The van der Waals surface area contributed by atoms with Gasteiger partial charge in [-0.15, -0.1) is 0 Å². The van der Waals surface area contributed by atoms with Crippen molar-refractivity contribution < 1.29 is 0 Å². The van der Waals surface area contributed by atoms with Crippen molar-refractivity contribution in [2.45, 2.75) is 13.0 Å². The number of halogens is 3. The van der Waals surface area contributed by atoms with Crippen molar-refractivity contribution in [3.05, 3.63) is 49.1 Å². The van der Waals surface area contributed by atoms with Gasteiger partial charge in [-0.25, -0.2) is 0 Å². The van der Waals surface area contributed by atoms with Crippen LogP contribution < -0.4 is 5.32 Å². The first-order chi connectivity index (χ1) is 9.02. The highest BCUT2D eigenvalue weighted by molar-refractivity contribution is 9.11. The number of nitrogens with zero attached hydrogens (tertiary/aromatic N) is 2. The minimum absolute atomic E-state index is 0.0978. The molecule has 0 aliphatic rings. The van der Waals surface area contributed by atoms with Crippen molar-refractivity contribution in [2.24, 2.45) is 7.05 Å². The van der Waals surface area contributed by atoms with Crippen LogP contribution in [0.2, 0.25) is 0 Å². The van der Waals surface area contributed by atoms with Gasteiger partial charge in [-0.2, -0.15) is 5.10 Å². The molecule has 0 aliphatic carbocycles. The van der Waals surface area contributed by atoms with E-state index in [4.69, 9.17) is 0 Å². The zero-order valence-corrected chi connectivity index (χ0v) is 15.4. The Hall–Kier alpha value is -0.170. The van der Waals surface area contributed by atoms with Crippen LogP contribution in [0, 0.1) is 0 Å². The molecule has 1 heterocycles. The van der Waals surface area contributed by atoms with Crippen LogP contribution >= 0.6 is 47.8 Å². The maximum Gasteiger partial charge on any atom is 0.0760 e. The molecule has 2 rings (SSSR count). The summed E-state index contributed by atoms with van der Waals surface area (Å²) in [7, 11) is 1.96. The highest BCUT2D eigenvalue weighted by atomic mass is 79.9. The summed E-state index contributed by atoms with van der Waals surface area (Å²) in [4.78, 5) is 0. The molecule has 3 nitrogen and oxygen atoms in total. The Morgan fingerprint density at radius 2 is 1.84 bits per heavy atom. The molecule has 1 aromatic carbocycles. The van der Waals surface area contributed by atoms with E-state index in [1.54, 1.807) is 0 Å². The molecule has 0 saturated heterocycles. The third kappa shape index (κ3) is 3.48. The summed E-state index contributed by atoms with van der Waals surface area (Å²) in [5, 5.41) is 7.80. The zero-order chi connectivity index (χ0) is 14.0. The summed E-state index contributed by atoms with van der Waals surface area (Å²) in [6.45, 7) is 2.98. The number of rotatable bonds is 4. The van der Waals surface area contributed by atoms with E-state index in [-0.39, 0.29) is 6.04 Å². The zero-order valence-electron chi connectivity index (χ0n) is 10.6. The minimum atomic E-state index is 0.0978. The van der Waals surface area contributed by atoms with Gasteiger partial charge in [-0.1, -0.05) is 38.8 Å². The van der Waals surface area contributed by atoms with Gasteiger partial charge in [0.15, 0.2) is 0 Å². The lowest BCUT2D eigenvalue weighted by atomic mass is 10.0. The standard InChI is InChI=1S/C13H14Br3N3/c1-3-17-12(13-11(16)7-18-19(13)2)8-4-9(14)6-10(15)5-8/h4-7,12,17H,3H2,1-2H3. The Kier molecular flexibility index (Phi) is 5.22. The lowest BCUT2D eigenvalue weighted by molar-refractivity contribution is 0.570. The van der Waals surface area contributed by atoms with Gasteiger partial charge in [-0.3, -0.25) is 4.68 Å². The molecule has 0 aliphatic heterocycles. The second kappa shape index (κ2) is 6.52. The largest absolute Gasteiger partial charge is 0.305 e. The van der Waals surface area contributed by atoms with E-state index in [2.05, 4.69) is 77.3 Å². The van der Waals surface area contributed by atoms with Gasteiger partial charge in [-0.05, 0) is 46.2 Å². The van der Waals surface area contributed by atoms with Gasteiger partial charge in [0.05, 0.1) is 22.4 Å². The summed E-state index contributed by atoms with van der Waals surface area (Å²) in [5.41, 5.74) is 2.30. The van der Waals surface area contributed by atoms with Crippen molar-refractivity contribution in [1.82, 2.24) is 15.1 Å². The summed E-state index contributed by atoms with van der Waals surface area (Å²) in [6.07, 6.45) is 1.83. The Labute approximate surface area is 138 Å². The second-order valence-corrected chi connectivity index (χ2v) is 6.88. The van der Waals surface area contributed by atoms with Gasteiger partial charge in [0.25, 0.3) is 0 Å². The van der Waals surface area contributed by atoms with E-state index in [1.165, 1.54) is 5.56 Å². The molecule has 1 unspecified atom stereocenters. The molecule has 0 bridgehead atoms. The topological polar surface area (TPSA) is 29.9 Å². The summed E-state index contributed by atoms with van der Waals surface area (Å²) in [5.74, 6) is 0. The van der Waals surface area contributed by atoms with Crippen LogP contribution in [-0.4, -0.2) is 16.3 Å². The predicted molar refractivity (Wildman–Crippen MR) is 88.3 cm³/mol. The SMILES string of the molecule is CCNC(c1cc(Br)cc(Br)c1)c1c(Br)cnn1C. The highest BCUT2D eigenvalue weighted by Crippen LogP contribution is 2.31. The maximum absolute atomic E-state index is 4.30. The Morgan fingerprint density at radius 1 is 1.21 bits per heavy atom. The number of benzene rings is 1. The van der Waals surface area contributed by atoms with E-state index in [0.717, 1.165) is 25.7 Å². The number of aromatic nitrogens is 2. The van der Waals surface area contributed by atoms with Crippen LogP contribution in [0.15, 0.2) is 37.8 Å². The molecule has 19 heavy (non-hydrogen) atoms. The lowest BCUT2D eigenvalue weighted by Crippen LogP contribution is -2.24. The number of hydrogen-bond donors (Lipinski definition) is 1. The lowest BCUT2D eigenvalue weighted by Gasteiger charge is -2.20. The van der Waals surface area contributed by atoms with E-state index in [0.29, 0.717) is 0 Å². The summed E-state index contributed by atoms with van der Waals surface area (Å²) in [6, 6.07) is 6.38. The molecule has 1 N–H and O–H groups in total. The van der Waals surface area contributed by atoms with Gasteiger partial charge >= 0.3 is 0 Å². The maximum atomic E-state index is 4.30. The third-order valence-electron chi connectivity index (χ3n) is 2.84. The van der Waals surface area contributed by atoms with E-state index in [9.17, 15) is 0 Å². The van der Waals surface area contributed by atoms with Gasteiger partial charge in [0.1, 0.15) is 0 Å². The highest BCUT2D eigenvalue weighted by Gasteiger charge is 2.20. The van der Waals surface area contributed by atoms with Crippen LogP contribution in [0.5, 0.6) is 0 Å². The third-order valence-corrected chi connectivity index (χ3v) is 4.36. The summed E-state index contributed by atoms with van der Waals surface area (Å²) >= 11 is 10.7. The fraction of sp³-hybridized carbons (Fsp3) is 0.308. The number of nitrogens with one attached hydrogen (secondary N) is 1. The normalized spacial score (nSPS) is 12.7. The van der Waals surface area contributed by atoms with E-state index < -0.39 is 0 Å². The molecule has 2 aromatic rings. The second-order valence-electron chi connectivity index (χ2n) is 4.19. The Morgan fingerprint density at radius 3 is 2.32 bits per heavy atom. The molecule has 0 spiro atoms. The van der Waals surface area contributed by atoms with Crippen LogP contribution in [0.1, 0.15) is 24.2 Å². The van der Waals surface area contributed by atoms with Crippen LogP contribution in [-0.2, 0) is 7.05 Å². The Bertz CT molecular complexity index is 541. The molecule has 0 radical (unpaired) electrons. The average molecular weight is 452 g/mol. The molecular formula is C13H14Br3N3. The van der Waals surface area contributed by atoms with Crippen molar-refractivity contribution in [3.8, 4) is 0 Å². The first-order valence-corrected chi connectivity index (χ1v) is 8.27. The molecule has 1 aromatic heterocycles. The molecule has 6 heteroatoms. The number of hydrogen-bond acceptors (Lipinski definition) is 2. The Balaban J connectivity index is 2.51. The minimum Gasteiger partial charge on any atom is -0.305 e. The van der Waals surface area contributed by atoms with Crippen molar-refractivity contribution in [3.63, 3.8) is 0 Å². The molecule has 0 saturated carbocycles. The van der Waals surface area contributed by atoms with Crippen LogP contribution in [0.3, 0.4) is 0 Å². The van der Waals surface area contributed by atoms with Crippen molar-refractivity contribution >= 4 is 47.8 Å². The van der Waals surface area contributed by atoms with E-state index >= 15 is 0 Å². The summed E-state index contributed by atoms with van der Waals surface area (Å²) < 4.78 is 5.01. The fourth-order valence-electron chi connectivity index (χ4n) is 2.06. The first kappa shape index (κ1) is 15.2. The molecule has 0 fully saturated rings. The average Bonchev–Trinajstić information content (AvgIpc) is 2.65. The van der Waals surface area contributed by atoms with E-state index in [1.807, 2.05) is 24.0 Å². The number of aryl methyl sites for hydroxylation is 1. The fourth-order valence-corrected chi connectivity index (χ4v) is 3.97. The van der Waals surface area contributed by atoms with Crippen LogP contribution in [0.4, 0.5) is 0 Å². The molecular weight excluding hydrogens is 438 g/mol. The quantitative estimate of drug-likeness (QED) is 0.746. The first-order valence-electron chi connectivity index (χ1n) is 5.89. The van der Waals surface area contributed by atoms with Gasteiger partial charge in [0, 0.05) is 16.0 Å².